The minimum absolute atomic E-state index is 0.164. The van der Waals surface area contributed by atoms with Crippen LogP contribution in [0.15, 0.2) is 30.3 Å². The van der Waals surface area contributed by atoms with E-state index in [1.807, 2.05) is 0 Å². The van der Waals surface area contributed by atoms with Crippen molar-refractivity contribution in [1.82, 2.24) is 13.3 Å². The third-order valence-corrected chi connectivity index (χ3v) is 8.04. The lowest BCUT2D eigenvalue weighted by Crippen LogP contribution is -2.33. The van der Waals surface area contributed by atoms with E-state index in [-0.39, 0.29) is 31.6 Å². The van der Waals surface area contributed by atoms with Gasteiger partial charge in [0.05, 0.1) is 46.8 Å². The second-order valence-electron chi connectivity index (χ2n) is 9.47. The van der Waals surface area contributed by atoms with Crippen molar-refractivity contribution in [1.29, 1.82) is 5.26 Å². The maximum Gasteiger partial charge on any atom is 0.231 e. The molecule has 4 aromatic rings. The molecule has 2 bridgehead atoms. The molecule has 11 nitrogen and oxygen atoms in total. The Morgan fingerprint density at radius 1 is 1.14 bits per heavy atom. The zero-order valence-corrected chi connectivity index (χ0v) is 20.3. The SMILES string of the molecule is C[C@]12O[C@](CCOc3ccc4c(c3)OCO4)(C[C@@H]1O)c1c2c(O)n(-c2ccc(C#N)c3nsnc23)c1O. The highest BCUT2D eigenvalue weighted by Gasteiger charge is 2.66. The predicted molar refractivity (Wildman–Crippen MR) is 128 cm³/mol. The van der Waals surface area contributed by atoms with Crippen molar-refractivity contribution >= 4 is 22.8 Å². The molecular formula is C25H20N4O7S. The fourth-order valence-corrected chi connectivity index (χ4v) is 6.34. The Hall–Kier alpha value is -4.05. The minimum atomic E-state index is -1.23. The molecule has 0 amide bonds. The second-order valence-corrected chi connectivity index (χ2v) is 10.0. The highest BCUT2D eigenvalue weighted by atomic mass is 32.1. The molecule has 3 aliphatic heterocycles. The van der Waals surface area contributed by atoms with E-state index < -0.39 is 17.3 Å². The highest BCUT2D eigenvalue weighted by molar-refractivity contribution is 7.00. The number of nitriles is 1. The van der Waals surface area contributed by atoms with E-state index >= 15 is 0 Å². The van der Waals surface area contributed by atoms with Crippen LogP contribution < -0.4 is 14.2 Å². The van der Waals surface area contributed by atoms with Crippen molar-refractivity contribution in [2.24, 2.45) is 0 Å². The first kappa shape index (κ1) is 22.2. The number of hydrogen-bond acceptors (Lipinski definition) is 11. The summed E-state index contributed by atoms with van der Waals surface area (Å²) in [4.78, 5) is 0. The Kier molecular flexibility index (Phi) is 4.48. The summed E-state index contributed by atoms with van der Waals surface area (Å²) in [5.74, 6) is 1.36. The summed E-state index contributed by atoms with van der Waals surface area (Å²) in [6.07, 6.45) is -0.383. The lowest BCUT2D eigenvalue weighted by molar-refractivity contribution is -0.107. The molecule has 3 aliphatic rings. The van der Waals surface area contributed by atoms with Gasteiger partial charge in [0, 0.05) is 18.9 Å². The molecule has 0 aliphatic carbocycles. The molecule has 3 N–H and O–H groups in total. The number of ether oxygens (including phenoxy) is 4. The van der Waals surface area contributed by atoms with Crippen molar-refractivity contribution in [3.05, 3.63) is 47.0 Å². The van der Waals surface area contributed by atoms with Crippen LogP contribution in [0.4, 0.5) is 0 Å². The average Bonchev–Trinajstić information content (AvgIpc) is 3.67. The molecule has 2 aromatic heterocycles. The Morgan fingerprint density at radius 3 is 2.76 bits per heavy atom. The van der Waals surface area contributed by atoms with Crippen LogP contribution in [0.5, 0.6) is 29.0 Å². The molecule has 0 saturated carbocycles. The molecule has 1 fully saturated rings. The standard InChI is InChI=1S/C25H20N4O7S/c1-24-17(30)9-25(36-24,6-7-33-13-3-5-15-16(8-13)35-11-34-15)19-18(24)22(31)29(23(19)32)14-4-2-12(10-26)20-21(14)28-37-27-20/h2-5,8,17,30-32H,6-7,9,11H2,1H3/t17-,24-,25+/m0/s1. The molecule has 2 aromatic carbocycles. The van der Waals surface area contributed by atoms with Gasteiger partial charge in [-0.15, -0.1) is 0 Å². The number of hydrogen-bond donors (Lipinski definition) is 3. The Morgan fingerprint density at radius 2 is 1.92 bits per heavy atom. The fraction of sp³-hybridized carbons (Fsp3) is 0.320. The van der Waals surface area contributed by atoms with Gasteiger partial charge in [0.1, 0.15) is 34.1 Å². The quantitative estimate of drug-likeness (QED) is 0.358. The first-order valence-electron chi connectivity index (χ1n) is 11.6. The predicted octanol–water partition coefficient (Wildman–Crippen LogP) is 3.17. The van der Waals surface area contributed by atoms with Crippen molar-refractivity contribution in [3.63, 3.8) is 0 Å². The van der Waals surface area contributed by atoms with Crippen LogP contribution in [-0.2, 0) is 15.9 Å². The summed E-state index contributed by atoms with van der Waals surface area (Å²) < 4.78 is 32.8. The van der Waals surface area contributed by atoms with Crippen LogP contribution in [0.2, 0.25) is 0 Å². The topological polar surface area (TPSA) is 152 Å². The Balaban J connectivity index is 1.28. The van der Waals surface area contributed by atoms with E-state index in [0.29, 0.717) is 57.1 Å². The van der Waals surface area contributed by atoms with Crippen molar-refractivity contribution in [2.45, 2.75) is 37.1 Å². The number of aliphatic hydroxyl groups is 1. The van der Waals surface area contributed by atoms with Gasteiger partial charge in [-0.3, -0.25) is 0 Å². The fourth-order valence-electron chi connectivity index (χ4n) is 5.77. The van der Waals surface area contributed by atoms with Gasteiger partial charge in [0.2, 0.25) is 18.6 Å². The number of aliphatic hydroxyl groups excluding tert-OH is 1. The summed E-state index contributed by atoms with van der Waals surface area (Å²) in [6, 6.07) is 10.5. The van der Waals surface area contributed by atoms with Crippen LogP contribution in [0, 0.1) is 11.3 Å². The zero-order chi connectivity index (χ0) is 25.5. The number of nitrogens with zero attached hydrogens (tertiary/aromatic N) is 4. The molecule has 1 saturated heterocycles. The Labute approximate surface area is 214 Å². The summed E-state index contributed by atoms with van der Waals surface area (Å²) >= 11 is 0.937. The van der Waals surface area contributed by atoms with Crippen LogP contribution in [0.25, 0.3) is 16.7 Å². The average molecular weight is 521 g/mol. The number of aromatic nitrogens is 3. The van der Waals surface area contributed by atoms with E-state index in [9.17, 15) is 20.6 Å². The summed E-state index contributed by atoms with van der Waals surface area (Å²) in [5.41, 5.74) is -0.103. The number of aromatic hydroxyl groups is 2. The maximum atomic E-state index is 11.5. The molecule has 0 radical (unpaired) electrons. The molecule has 7 rings (SSSR count). The van der Waals surface area contributed by atoms with E-state index in [1.54, 1.807) is 37.3 Å². The normalized spacial score (nSPS) is 24.9. The van der Waals surface area contributed by atoms with Gasteiger partial charge in [0.25, 0.3) is 0 Å². The smallest absolute Gasteiger partial charge is 0.231 e. The molecule has 12 heteroatoms. The van der Waals surface area contributed by atoms with Gasteiger partial charge in [0.15, 0.2) is 11.5 Å². The second kappa shape index (κ2) is 7.48. The number of fused-ring (bicyclic) bond motifs is 7. The van der Waals surface area contributed by atoms with Crippen LogP contribution in [0.1, 0.15) is 36.5 Å². The largest absolute Gasteiger partial charge is 0.494 e. The lowest BCUT2D eigenvalue weighted by atomic mass is 9.76. The van der Waals surface area contributed by atoms with E-state index in [2.05, 4.69) is 14.8 Å². The van der Waals surface area contributed by atoms with Crippen molar-refractivity contribution in [2.75, 3.05) is 13.4 Å². The summed E-state index contributed by atoms with van der Waals surface area (Å²) in [6.45, 7) is 2.08. The van der Waals surface area contributed by atoms with E-state index in [4.69, 9.17) is 18.9 Å². The lowest BCUT2D eigenvalue weighted by Gasteiger charge is -2.26. The van der Waals surface area contributed by atoms with Gasteiger partial charge >= 0.3 is 0 Å². The van der Waals surface area contributed by atoms with Gasteiger partial charge in [-0.2, -0.15) is 14.0 Å². The van der Waals surface area contributed by atoms with Gasteiger partial charge in [-0.1, -0.05) is 0 Å². The van der Waals surface area contributed by atoms with Crippen molar-refractivity contribution in [3.8, 4) is 40.8 Å². The van der Waals surface area contributed by atoms with E-state index in [0.717, 1.165) is 11.7 Å². The first-order chi connectivity index (χ1) is 17.9. The highest BCUT2D eigenvalue weighted by Crippen LogP contribution is 2.65. The number of benzene rings is 2. The molecule has 3 atom stereocenters. The van der Waals surface area contributed by atoms with Gasteiger partial charge in [-0.25, -0.2) is 4.57 Å². The molecular weight excluding hydrogens is 500 g/mol. The Bertz CT molecular complexity index is 1640. The maximum absolute atomic E-state index is 11.5. The third kappa shape index (κ3) is 2.87. The van der Waals surface area contributed by atoms with Gasteiger partial charge < -0.3 is 34.3 Å². The van der Waals surface area contributed by atoms with Crippen LogP contribution in [-0.4, -0.2) is 48.1 Å². The molecule has 37 heavy (non-hydrogen) atoms. The van der Waals surface area contributed by atoms with Crippen LogP contribution >= 0.6 is 11.7 Å². The minimum Gasteiger partial charge on any atom is -0.494 e. The number of rotatable bonds is 5. The first-order valence-corrected chi connectivity index (χ1v) is 12.3. The molecule has 0 unspecified atom stereocenters. The summed E-state index contributed by atoms with van der Waals surface area (Å²) in [5, 5.41) is 43.2. The monoisotopic (exact) mass is 520 g/mol. The van der Waals surface area contributed by atoms with Crippen LogP contribution in [0.3, 0.4) is 0 Å². The summed E-state index contributed by atoms with van der Waals surface area (Å²) in [7, 11) is 0. The molecule has 188 valence electrons. The third-order valence-electron chi connectivity index (χ3n) is 7.51. The molecule has 5 heterocycles. The van der Waals surface area contributed by atoms with Gasteiger partial charge in [-0.05, 0) is 31.2 Å². The van der Waals surface area contributed by atoms with E-state index in [1.165, 1.54) is 4.57 Å². The molecule has 0 spiro atoms. The zero-order valence-electron chi connectivity index (χ0n) is 19.5. The van der Waals surface area contributed by atoms with Crippen molar-refractivity contribution < 1.29 is 34.3 Å².